The molecule has 6 nitrogen and oxygen atoms in total. The van der Waals surface area contributed by atoms with Crippen molar-refractivity contribution >= 4 is 15.9 Å². The number of likely N-dealkylation sites (tertiary alicyclic amines) is 1. The van der Waals surface area contributed by atoms with Gasteiger partial charge in [0, 0.05) is 18.2 Å². The second kappa shape index (κ2) is 7.05. The molecular formula is C18H26N2O4S. The average molecular weight is 366 g/mol. The van der Waals surface area contributed by atoms with Crippen LogP contribution >= 0.6 is 0 Å². The van der Waals surface area contributed by atoms with Gasteiger partial charge in [-0.1, -0.05) is 6.07 Å². The van der Waals surface area contributed by atoms with Crippen molar-refractivity contribution in [1.29, 1.82) is 0 Å². The maximum absolute atomic E-state index is 13.0. The van der Waals surface area contributed by atoms with E-state index in [1.165, 1.54) is 6.07 Å². The number of hydrogen-bond donors (Lipinski definition) is 2. The van der Waals surface area contributed by atoms with Crippen molar-refractivity contribution < 1.29 is 18.3 Å². The minimum absolute atomic E-state index is 0.0205. The number of amides is 1. The number of carbonyl (C=O) groups is 1. The molecular weight excluding hydrogens is 340 g/mol. The van der Waals surface area contributed by atoms with E-state index < -0.39 is 16.1 Å². The van der Waals surface area contributed by atoms with Gasteiger partial charge in [-0.3, -0.25) is 4.79 Å². The molecule has 0 unspecified atom stereocenters. The van der Waals surface area contributed by atoms with Crippen LogP contribution in [0.5, 0.6) is 0 Å². The predicted molar refractivity (Wildman–Crippen MR) is 94.9 cm³/mol. The van der Waals surface area contributed by atoms with Gasteiger partial charge in [-0.2, -0.15) is 0 Å². The highest BCUT2D eigenvalue weighted by Gasteiger charge is 2.32. The zero-order chi connectivity index (χ0) is 18.2. The van der Waals surface area contributed by atoms with E-state index in [0.29, 0.717) is 12.1 Å². The van der Waals surface area contributed by atoms with E-state index in [2.05, 4.69) is 4.72 Å². The molecule has 0 aromatic heterocycles. The van der Waals surface area contributed by atoms with E-state index in [9.17, 15) is 18.3 Å². The highest BCUT2D eigenvalue weighted by Crippen LogP contribution is 2.26. The molecule has 7 heteroatoms. The number of carbonyl (C=O) groups excluding carboxylic acids is 1. The zero-order valence-corrected chi connectivity index (χ0v) is 15.6. The molecule has 2 aliphatic rings. The van der Waals surface area contributed by atoms with Crippen LogP contribution in [-0.4, -0.2) is 49.1 Å². The molecule has 1 aromatic rings. The molecule has 2 fully saturated rings. The van der Waals surface area contributed by atoms with Crippen molar-refractivity contribution in [2.45, 2.75) is 69.0 Å². The second-order valence-electron chi connectivity index (χ2n) is 7.17. The fraction of sp³-hybridized carbons (Fsp3) is 0.611. The number of piperidine rings is 1. The Morgan fingerprint density at radius 1 is 1.28 bits per heavy atom. The van der Waals surface area contributed by atoms with Crippen LogP contribution in [0.2, 0.25) is 0 Å². The normalized spacial score (nSPS) is 22.7. The highest BCUT2D eigenvalue weighted by molar-refractivity contribution is 7.89. The first-order chi connectivity index (χ1) is 11.8. The number of hydrogen-bond acceptors (Lipinski definition) is 4. The Hall–Kier alpha value is -1.44. The smallest absolute Gasteiger partial charge is 0.254 e. The third kappa shape index (κ3) is 4.04. The first-order valence-corrected chi connectivity index (χ1v) is 10.4. The monoisotopic (exact) mass is 366 g/mol. The minimum Gasteiger partial charge on any atom is -0.391 e. The summed E-state index contributed by atoms with van der Waals surface area (Å²) >= 11 is 0. The quantitative estimate of drug-likeness (QED) is 0.832. The Bertz CT molecular complexity index is 756. The molecule has 2 atom stereocenters. The summed E-state index contributed by atoms with van der Waals surface area (Å²) in [6.07, 6.45) is 3.77. The third-order valence-corrected chi connectivity index (χ3v) is 6.53. The summed E-state index contributed by atoms with van der Waals surface area (Å²) in [6, 6.07) is 4.49. The maximum atomic E-state index is 13.0. The Morgan fingerprint density at radius 3 is 2.64 bits per heavy atom. The summed E-state index contributed by atoms with van der Waals surface area (Å²) in [5.41, 5.74) is 1.14. The molecule has 1 aliphatic heterocycles. The van der Waals surface area contributed by atoms with Gasteiger partial charge in [0.1, 0.15) is 0 Å². The van der Waals surface area contributed by atoms with Gasteiger partial charge < -0.3 is 10.0 Å². The largest absolute Gasteiger partial charge is 0.391 e. The number of nitrogens with zero attached hydrogens (tertiary/aromatic N) is 1. The van der Waals surface area contributed by atoms with E-state index >= 15 is 0 Å². The Labute approximate surface area is 149 Å². The van der Waals surface area contributed by atoms with Crippen molar-refractivity contribution in [3.05, 3.63) is 29.3 Å². The van der Waals surface area contributed by atoms with Gasteiger partial charge in [0.15, 0.2) is 0 Å². The van der Waals surface area contributed by atoms with Crippen LogP contribution in [-0.2, 0) is 10.0 Å². The van der Waals surface area contributed by atoms with E-state index in [4.69, 9.17) is 0 Å². The molecule has 0 spiro atoms. The Kier molecular flexibility index (Phi) is 5.18. The van der Waals surface area contributed by atoms with Gasteiger partial charge in [-0.05, 0) is 63.6 Å². The lowest BCUT2D eigenvalue weighted by atomic mass is 9.96. The summed E-state index contributed by atoms with van der Waals surface area (Å²) in [5.74, 6) is -0.202. The van der Waals surface area contributed by atoms with Crippen molar-refractivity contribution in [3.8, 4) is 0 Å². The van der Waals surface area contributed by atoms with Gasteiger partial charge in [-0.25, -0.2) is 13.1 Å². The molecule has 1 heterocycles. The SMILES string of the molecule is Cc1ccc(S(=O)(=O)NC2CC2)cc1C(=O)N1CCCC[C@H]1[C@H](C)O. The number of aliphatic hydroxyl groups excluding tert-OH is 1. The highest BCUT2D eigenvalue weighted by atomic mass is 32.2. The van der Waals surface area contributed by atoms with E-state index in [1.54, 1.807) is 30.9 Å². The average Bonchev–Trinajstić information content (AvgIpc) is 3.37. The molecule has 3 rings (SSSR count). The third-order valence-electron chi connectivity index (χ3n) is 5.02. The maximum Gasteiger partial charge on any atom is 0.254 e. The van der Waals surface area contributed by atoms with Gasteiger partial charge in [0.2, 0.25) is 10.0 Å². The molecule has 138 valence electrons. The number of aryl methyl sites for hydroxylation is 1. The number of rotatable bonds is 5. The molecule has 0 bridgehead atoms. The molecule has 1 saturated carbocycles. The fourth-order valence-corrected chi connectivity index (χ4v) is 4.68. The summed E-state index contributed by atoms with van der Waals surface area (Å²) in [4.78, 5) is 14.9. The molecule has 0 radical (unpaired) electrons. The van der Waals surface area contributed by atoms with Crippen LogP contribution in [0, 0.1) is 6.92 Å². The lowest BCUT2D eigenvalue weighted by Crippen LogP contribution is -2.49. The predicted octanol–water partition coefficient (Wildman–Crippen LogP) is 1.81. The topological polar surface area (TPSA) is 86.7 Å². The van der Waals surface area contributed by atoms with Gasteiger partial charge in [0.05, 0.1) is 17.0 Å². The first-order valence-electron chi connectivity index (χ1n) is 8.91. The fourth-order valence-electron chi connectivity index (χ4n) is 3.35. The van der Waals surface area contributed by atoms with Gasteiger partial charge in [0.25, 0.3) is 5.91 Å². The molecule has 2 N–H and O–H groups in total. The number of benzene rings is 1. The summed E-state index contributed by atoms with van der Waals surface area (Å²) < 4.78 is 27.5. The van der Waals surface area contributed by atoms with E-state index in [1.807, 2.05) is 0 Å². The standard InChI is InChI=1S/C18H26N2O4S/c1-12-6-9-15(25(23,24)19-14-7-8-14)11-16(12)18(22)20-10-4-3-5-17(20)13(2)21/h6,9,11,13-14,17,19,21H,3-5,7-8,10H2,1-2H3/t13-,17-/m0/s1. The first kappa shape index (κ1) is 18.4. The van der Waals surface area contributed by atoms with E-state index in [-0.39, 0.29) is 22.9 Å². The van der Waals surface area contributed by atoms with Crippen molar-refractivity contribution in [2.24, 2.45) is 0 Å². The van der Waals surface area contributed by atoms with Crippen LogP contribution in [0.25, 0.3) is 0 Å². The van der Waals surface area contributed by atoms with Crippen LogP contribution in [0.4, 0.5) is 0 Å². The Balaban J connectivity index is 1.90. The molecule has 1 aromatic carbocycles. The number of aliphatic hydroxyl groups is 1. The lowest BCUT2D eigenvalue weighted by Gasteiger charge is -2.37. The van der Waals surface area contributed by atoms with Gasteiger partial charge >= 0.3 is 0 Å². The van der Waals surface area contributed by atoms with Crippen LogP contribution in [0.15, 0.2) is 23.1 Å². The van der Waals surface area contributed by atoms with Crippen LogP contribution < -0.4 is 4.72 Å². The summed E-state index contributed by atoms with van der Waals surface area (Å²) in [7, 11) is -3.60. The molecule has 1 aliphatic carbocycles. The number of sulfonamides is 1. The Morgan fingerprint density at radius 2 is 2.00 bits per heavy atom. The van der Waals surface area contributed by atoms with Crippen LogP contribution in [0.1, 0.15) is 54.9 Å². The summed E-state index contributed by atoms with van der Waals surface area (Å²) in [5, 5.41) is 10.0. The molecule has 25 heavy (non-hydrogen) atoms. The van der Waals surface area contributed by atoms with Crippen molar-refractivity contribution in [1.82, 2.24) is 9.62 Å². The minimum atomic E-state index is -3.60. The lowest BCUT2D eigenvalue weighted by molar-refractivity contribution is 0.0280. The zero-order valence-electron chi connectivity index (χ0n) is 14.7. The van der Waals surface area contributed by atoms with E-state index in [0.717, 1.165) is 37.7 Å². The van der Waals surface area contributed by atoms with Crippen LogP contribution in [0.3, 0.4) is 0 Å². The number of nitrogens with one attached hydrogen (secondary N) is 1. The van der Waals surface area contributed by atoms with Gasteiger partial charge in [-0.15, -0.1) is 0 Å². The second-order valence-corrected chi connectivity index (χ2v) is 8.89. The summed E-state index contributed by atoms with van der Waals surface area (Å²) in [6.45, 7) is 4.09. The van der Waals surface area contributed by atoms with Crippen molar-refractivity contribution in [3.63, 3.8) is 0 Å². The molecule has 1 saturated heterocycles. The molecule has 1 amide bonds. The van der Waals surface area contributed by atoms with Crippen molar-refractivity contribution in [2.75, 3.05) is 6.54 Å².